The second-order valence-corrected chi connectivity index (χ2v) is 10.1. The first-order chi connectivity index (χ1) is 14.3. The number of halogens is 2. The van der Waals surface area contributed by atoms with Crippen molar-refractivity contribution in [3.8, 4) is 0 Å². The van der Waals surface area contributed by atoms with Crippen LogP contribution in [0.5, 0.6) is 0 Å². The van der Waals surface area contributed by atoms with Gasteiger partial charge in [-0.15, -0.1) is 0 Å². The van der Waals surface area contributed by atoms with Crippen molar-refractivity contribution in [2.45, 2.75) is 30.6 Å². The van der Waals surface area contributed by atoms with E-state index < -0.39 is 21.7 Å². The zero-order chi connectivity index (χ0) is 21.4. The van der Waals surface area contributed by atoms with Gasteiger partial charge in [0.15, 0.2) is 11.6 Å². The van der Waals surface area contributed by atoms with E-state index in [1.807, 2.05) is 30.3 Å². The number of sulfonamides is 1. The summed E-state index contributed by atoms with van der Waals surface area (Å²) < 4.78 is 53.3. The summed E-state index contributed by atoms with van der Waals surface area (Å²) in [5.74, 6) is -2.31. The molecule has 2 aromatic rings. The molecule has 1 saturated carbocycles. The highest BCUT2D eigenvalue weighted by Crippen LogP contribution is 2.59. The lowest BCUT2D eigenvalue weighted by molar-refractivity contribution is -0.123. The lowest BCUT2D eigenvalue weighted by Crippen LogP contribution is -2.40. The van der Waals surface area contributed by atoms with Crippen molar-refractivity contribution in [2.24, 2.45) is 11.3 Å². The fourth-order valence-electron chi connectivity index (χ4n) is 4.33. The molecule has 2 aromatic carbocycles. The molecule has 8 heteroatoms. The molecule has 1 unspecified atom stereocenters. The van der Waals surface area contributed by atoms with Gasteiger partial charge in [-0.3, -0.25) is 4.79 Å². The van der Waals surface area contributed by atoms with Crippen LogP contribution in [0.15, 0.2) is 53.4 Å². The van der Waals surface area contributed by atoms with E-state index in [-0.39, 0.29) is 35.2 Å². The van der Waals surface area contributed by atoms with Crippen molar-refractivity contribution in [3.63, 3.8) is 0 Å². The van der Waals surface area contributed by atoms with Crippen molar-refractivity contribution in [1.82, 2.24) is 9.62 Å². The second kappa shape index (κ2) is 8.07. The van der Waals surface area contributed by atoms with Gasteiger partial charge in [0.05, 0.1) is 4.90 Å². The molecule has 1 atom stereocenters. The highest BCUT2D eigenvalue weighted by molar-refractivity contribution is 7.89. The Morgan fingerprint density at radius 1 is 1.07 bits per heavy atom. The fourth-order valence-corrected chi connectivity index (χ4v) is 5.78. The normalized spacial score (nSPS) is 20.8. The molecule has 1 amide bonds. The Balaban J connectivity index is 1.30. The van der Waals surface area contributed by atoms with Gasteiger partial charge in [-0.2, -0.15) is 4.31 Å². The quantitative estimate of drug-likeness (QED) is 0.760. The van der Waals surface area contributed by atoms with E-state index in [1.54, 1.807) is 0 Å². The highest BCUT2D eigenvalue weighted by Gasteiger charge is 2.59. The number of benzene rings is 2. The lowest BCUT2D eigenvalue weighted by atomic mass is 9.91. The van der Waals surface area contributed by atoms with Crippen LogP contribution in [-0.2, 0) is 21.2 Å². The van der Waals surface area contributed by atoms with Crippen LogP contribution in [0.3, 0.4) is 0 Å². The molecule has 1 saturated heterocycles. The molecule has 1 aliphatic heterocycles. The predicted octanol–water partition coefficient (Wildman–Crippen LogP) is 3.11. The van der Waals surface area contributed by atoms with Crippen LogP contribution in [0.4, 0.5) is 8.78 Å². The number of rotatable bonds is 6. The largest absolute Gasteiger partial charge is 0.356 e. The first-order valence-corrected chi connectivity index (χ1v) is 11.5. The Kier molecular flexibility index (Phi) is 5.63. The third kappa shape index (κ3) is 4.11. The number of amides is 1. The zero-order valence-corrected chi connectivity index (χ0v) is 17.3. The number of carbonyl (C=O) groups excluding carboxylic acids is 1. The molecule has 2 aliphatic rings. The van der Waals surface area contributed by atoms with Crippen molar-refractivity contribution in [2.75, 3.05) is 19.6 Å². The highest BCUT2D eigenvalue weighted by atomic mass is 32.2. The average Bonchev–Trinajstić information content (AvgIpc) is 3.44. The molecule has 2 fully saturated rings. The Morgan fingerprint density at radius 3 is 2.43 bits per heavy atom. The Morgan fingerprint density at radius 2 is 1.77 bits per heavy atom. The van der Waals surface area contributed by atoms with Crippen molar-refractivity contribution in [3.05, 3.63) is 65.7 Å². The van der Waals surface area contributed by atoms with Crippen molar-refractivity contribution in [1.29, 1.82) is 0 Å². The van der Waals surface area contributed by atoms with Crippen LogP contribution in [0.25, 0.3) is 0 Å². The maximum Gasteiger partial charge on any atom is 0.243 e. The van der Waals surface area contributed by atoms with Crippen molar-refractivity contribution < 1.29 is 22.0 Å². The summed E-state index contributed by atoms with van der Waals surface area (Å²) in [5, 5.41) is 3.00. The van der Waals surface area contributed by atoms with E-state index in [2.05, 4.69) is 5.32 Å². The van der Waals surface area contributed by atoms with Gasteiger partial charge < -0.3 is 5.32 Å². The Labute approximate surface area is 175 Å². The summed E-state index contributed by atoms with van der Waals surface area (Å²) in [6.07, 6.45) is 2.72. The van der Waals surface area contributed by atoms with Gasteiger partial charge in [-0.05, 0) is 54.9 Å². The van der Waals surface area contributed by atoms with E-state index in [0.29, 0.717) is 19.4 Å². The van der Waals surface area contributed by atoms with Gasteiger partial charge in [0.2, 0.25) is 15.9 Å². The minimum absolute atomic E-state index is 0.0304. The standard InChI is InChI=1S/C22H24F2N2O3S/c23-19-7-6-17(14-20(19)24)30(28,29)26-12-9-22(10-13-26)15-18(22)21(27)25-11-8-16-4-2-1-3-5-16/h1-7,14,18H,8-13,15H2,(H,25,27). The molecule has 1 spiro atoms. The SMILES string of the molecule is O=C(NCCc1ccccc1)C1CC12CCN(S(=O)(=O)c1ccc(F)c(F)c1)CC2. The molecule has 5 nitrogen and oxygen atoms in total. The summed E-state index contributed by atoms with van der Waals surface area (Å²) in [4.78, 5) is 12.3. The maximum absolute atomic E-state index is 13.5. The summed E-state index contributed by atoms with van der Waals surface area (Å²) >= 11 is 0. The molecule has 4 rings (SSSR count). The van der Waals surface area contributed by atoms with Gasteiger partial charge in [-0.25, -0.2) is 17.2 Å². The van der Waals surface area contributed by atoms with Gasteiger partial charge in [0.25, 0.3) is 0 Å². The molecular formula is C22H24F2N2O3S. The van der Waals surface area contributed by atoms with E-state index in [9.17, 15) is 22.0 Å². The molecule has 0 radical (unpaired) electrons. The molecule has 0 bridgehead atoms. The van der Waals surface area contributed by atoms with Gasteiger partial charge in [0.1, 0.15) is 0 Å². The second-order valence-electron chi connectivity index (χ2n) is 8.13. The number of nitrogens with zero attached hydrogens (tertiary/aromatic N) is 1. The van der Waals surface area contributed by atoms with Crippen LogP contribution >= 0.6 is 0 Å². The van der Waals surface area contributed by atoms with Crippen LogP contribution < -0.4 is 5.32 Å². The molecule has 1 heterocycles. The number of nitrogens with one attached hydrogen (secondary N) is 1. The summed E-state index contributed by atoms with van der Waals surface area (Å²) in [7, 11) is -3.88. The summed E-state index contributed by atoms with van der Waals surface area (Å²) in [5.41, 5.74) is 1.02. The summed E-state index contributed by atoms with van der Waals surface area (Å²) in [6.45, 7) is 1.12. The van der Waals surface area contributed by atoms with E-state index in [1.165, 1.54) is 9.87 Å². The zero-order valence-electron chi connectivity index (χ0n) is 16.5. The van der Waals surface area contributed by atoms with Crippen LogP contribution in [-0.4, -0.2) is 38.3 Å². The minimum atomic E-state index is -3.88. The van der Waals surface area contributed by atoms with Gasteiger partial charge in [-0.1, -0.05) is 30.3 Å². The molecule has 1 aliphatic carbocycles. The van der Waals surface area contributed by atoms with Crippen LogP contribution in [0.2, 0.25) is 0 Å². The molecular weight excluding hydrogens is 410 g/mol. The number of piperidine rings is 1. The van der Waals surface area contributed by atoms with Crippen LogP contribution in [0.1, 0.15) is 24.8 Å². The fraction of sp³-hybridized carbons (Fsp3) is 0.409. The molecule has 0 aromatic heterocycles. The summed E-state index contributed by atoms with van der Waals surface area (Å²) in [6, 6.07) is 12.6. The maximum atomic E-state index is 13.5. The molecule has 30 heavy (non-hydrogen) atoms. The predicted molar refractivity (Wildman–Crippen MR) is 108 cm³/mol. The first-order valence-electron chi connectivity index (χ1n) is 10.1. The number of carbonyl (C=O) groups is 1. The Hall–Kier alpha value is -2.32. The van der Waals surface area contributed by atoms with Gasteiger partial charge >= 0.3 is 0 Å². The van der Waals surface area contributed by atoms with E-state index in [0.717, 1.165) is 31.0 Å². The molecule has 1 N–H and O–H groups in total. The Bertz CT molecular complexity index is 1040. The lowest BCUT2D eigenvalue weighted by Gasteiger charge is -2.32. The average molecular weight is 435 g/mol. The number of hydrogen-bond donors (Lipinski definition) is 1. The number of hydrogen-bond acceptors (Lipinski definition) is 3. The third-order valence-electron chi connectivity index (χ3n) is 6.31. The van der Waals surface area contributed by atoms with Gasteiger partial charge in [0, 0.05) is 25.6 Å². The minimum Gasteiger partial charge on any atom is -0.356 e. The topological polar surface area (TPSA) is 66.5 Å². The van der Waals surface area contributed by atoms with Crippen molar-refractivity contribution >= 4 is 15.9 Å². The monoisotopic (exact) mass is 434 g/mol. The van der Waals surface area contributed by atoms with Crippen LogP contribution in [0, 0.1) is 23.0 Å². The van der Waals surface area contributed by atoms with E-state index >= 15 is 0 Å². The first kappa shape index (κ1) is 20.9. The van der Waals surface area contributed by atoms with E-state index in [4.69, 9.17) is 0 Å². The molecule has 160 valence electrons. The third-order valence-corrected chi connectivity index (χ3v) is 8.20. The smallest absolute Gasteiger partial charge is 0.243 e.